The average Bonchev–Trinajstić information content (AvgIpc) is 3.27. The van der Waals surface area contributed by atoms with Crippen molar-refractivity contribution in [3.63, 3.8) is 0 Å². The highest BCUT2D eigenvalue weighted by Crippen LogP contribution is 2.39. The van der Waals surface area contributed by atoms with Crippen molar-refractivity contribution in [2.45, 2.75) is 13.0 Å². The molecule has 1 amide bonds. The van der Waals surface area contributed by atoms with Gasteiger partial charge >= 0.3 is 0 Å². The number of amides is 1. The van der Waals surface area contributed by atoms with Gasteiger partial charge < -0.3 is 19.0 Å². The highest BCUT2D eigenvalue weighted by atomic mass is 32.1. The Hall–Kier alpha value is -2.64. The molecule has 1 unspecified atom stereocenters. The number of benzene rings is 1. The van der Waals surface area contributed by atoms with Crippen LogP contribution in [-0.2, 0) is 0 Å². The monoisotopic (exact) mass is 398 g/mol. The molecule has 0 N–H and O–H groups in total. The molecule has 7 heteroatoms. The molecule has 6 nitrogen and oxygen atoms in total. The highest BCUT2D eigenvalue weighted by Gasteiger charge is 2.43. The Kier molecular flexibility index (Phi) is 4.95. The number of nitrogens with zero attached hydrogens (tertiary/aromatic N) is 2. The number of fused-ring (bicyclic) bond motifs is 2. The third-order valence-electron chi connectivity index (χ3n) is 4.85. The molecule has 0 aliphatic carbocycles. The van der Waals surface area contributed by atoms with Gasteiger partial charge in [0.1, 0.15) is 11.3 Å². The lowest BCUT2D eigenvalue weighted by Gasteiger charge is -2.25. The molecule has 3 heterocycles. The molecular formula is C21H22N2O4S. The quantitative estimate of drug-likeness (QED) is 0.637. The first-order chi connectivity index (χ1) is 13.5. The standard InChI is InChI=1S/C21H22N2O4S/c1-4-26-13-7-8-14-15(12-13)27-20-17(19(14)24)18(16-6-5-11-28-16)23(21(20)25)10-9-22(2)3/h5-8,11-12,18H,4,9-10H2,1-3H3. The van der Waals surface area contributed by atoms with Gasteiger partial charge in [-0.05, 0) is 44.6 Å². The van der Waals surface area contributed by atoms with Crippen LogP contribution in [-0.4, -0.2) is 49.5 Å². The number of likely N-dealkylation sites (N-methyl/N-ethyl adjacent to an activating group) is 1. The third kappa shape index (κ3) is 3.10. The molecule has 0 radical (unpaired) electrons. The third-order valence-corrected chi connectivity index (χ3v) is 5.78. The summed E-state index contributed by atoms with van der Waals surface area (Å²) in [7, 11) is 3.92. The fourth-order valence-electron chi connectivity index (χ4n) is 3.54. The molecule has 1 aliphatic rings. The summed E-state index contributed by atoms with van der Waals surface area (Å²) >= 11 is 1.54. The van der Waals surface area contributed by atoms with Gasteiger partial charge in [0.15, 0.2) is 5.43 Å². The molecule has 0 saturated carbocycles. The zero-order valence-electron chi connectivity index (χ0n) is 16.1. The van der Waals surface area contributed by atoms with Gasteiger partial charge in [0.25, 0.3) is 5.91 Å². The summed E-state index contributed by atoms with van der Waals surface area (Å²) in [6.07, 6.45) is 0. The zero-order valence-corrected chi connectivity index (χ0v) is 16.9. The summed E-state index contributed by atoms with van der Waals surface area (Å²) in [5.41, 5.74) is 0.656. The summed E-state index contributed by atoms with van der Waals surface area (Å²) in [6.45, 7) is 3.61. The first kappa shape index (κ1) is 18.7. The van der Waals surface area contributed by atoms with E-state index in [1.807, 2.05) is 43.4 Å². The number of hydrogen-bond acceptors (Lipinski definition) is 6. The van der Waals surface area contributed by atoms with E-state index in [0.717, 1.165) is 4.88 Å². The Balaban J connectivity index is 1.89. The second kappa shape index (κ2) is 7.41. The Bertz CT molecular complexity index is 1070. The van der Waals surface area contributed by atoms with Crippen LogP contribution in [0.5, 0.6) is 5.75 Å². The molecule has 3 aromatic rings. The Morgan fingerprint density at radius 1 is 1.25 bits per heavy atom. The van der Waals surface area contributed by atoms with E-state index in [-0.39, 0.29) is 17.1 Å². The molecule has 0 bridgehead atoms. The van der Waals surface area contributed by atoms with Crippen LogP contribution in [0.4, 0.5) is 0 Å². The number of carbonyl (C=O) groups excluding carboxylic acids is 1. The van der Waals surface area contributed by atoms with E-state index in [9.17, 15) is 9.59 Å². The van der Waals surface area contributed by atoms with Crippen LogP contribution < -0.4 is 10.2 Å². The maximum Gasteiger partial charge on any atom is 0.290 e. The van der Waals surface area contributed by atoms with Crippen LogP contribution in [0.15, 0.2) is 44.9 Å². The minimum Gasteiger partial charge on any atom is -0.494 e. The van der Waals surface area contributed by atoms with Crippen molar-refractivity contribution >= 4 is 28.2 Å². The first-order valence-electron chi connectivity index (χ1n) is 9.24. The Labute approximate surface area is 166 Å². The molecule has 28 heavy (non-hydrogen) atoms. The molecule has 4 rings (SSSR count). The van der Waals surface area contributed by atoms with Gasteiger partial charge in [-0.1, -0.05) is 6.07 Å². The summed E-state index contributed by atoms with van der Waals surface area (Å²) in [6, 6.07) is 8.64. The van der Waals surface area contributed by atoms with E-state index < -0.39 is 6.04 Å². The summed E-state index contributed by atoms with van der Waals surface area (Å²) in [5, 5.41) is 2.42. The Morgan fingerprint density at radius 2 is 2.07 bits per heavy atom. The van der Waals surface area contributed by atoms with Crippen molar-refractivity contribution in [2.75, 3.05) is 33.8 Å². The normalized spacial score (nSPS) is 16.2. The predicted octanol–water partition coefficient (Wildman–Crippen LogP) is 3.36. The lowest BCUT2D eigenvalue weighted by atomic mass is 10.0. The average molecular weight is 398 g/mol. The van der Waals surface area contributed by atoms with E-state index in [0.29, 0.717) is 42.0 Å². The van der Waals surface area contributed by atoms with Crippen molar-refractivity contribution in [1.82, 2.24) is 9.80 Å². The molecule has 1 aliphatic heterocycles. The van der Waals surface area contributed by atoms with E-state index >= 15 is 0 Å². The topological polar surface area (TPSA) is 63.0 Å². The number of rotatable bonds is 6. The maximum atomic E-state index is 13.3. The van der Waals surface area contributed by atoms with Gasteiger partial charge in [-0.25, -0.2) is 0 Å². The SMILES string of the molecule is CCOc1ccc2c(=O)c3c(oc2c1)C(=O)N(CCN(C)C)C3c1cccs1. The molecule has 1 atom stereocenters. The van der Waals surface area contributed by atoms with Crippen molar-refractivity contribution in [3.05, 3.63) is 62.1 Å². The number of thiophene rings is 1. The molecule has 1 aromatic carbocycles. The molecule has 2 aromatic heterocycles. The van der Waals surface area contributed by atoms with Gasteiger partial charge in [-0.3, -0.25) is 9.59 Å². The summed E-state index contributed by atoms with van der Waals surface area (Å²) in [4.78, 5) is 31.2. The maximum absolute atomic E-state index is 13.3. The van der Waals surface area contributed by atoms with Crippen LogP contribution in [0, 0.1) is 0 Å². The molecule has 0 fully saturated rings. The van der Waals surface area contributed by atoms with Crippen LogP contribution in [0.1, 0.15) is 34.0 Å². The molecule has 146 valence electrons. The predicted molar refractivity (Wildman–Crippen MR) is 109 cm³/mol. The van der Waals surface area contributed by atoms with Crippen LogP contribution in [0.3, 0.4) is 0 Å². The first-order valence-corrected chi connectivity index (χ1v) is 10.1. The largest absolute Gasteiger partial charge is 0.494 e. The van der Waals surface area contributed by atoms with E-state index in [1.165, 1.54) is 11.3 Å². The minimum absolute atomic E-state index is 0.142. The summed E-state index contributed by atoms with van der Waals surface area (Å²) in [5.74, 6) is 0.516. The second-order valence-electron chi connectivity index (χ2n) is 6.98. The van der Waals surface area contributed by atoms with Crippen molar-refractivity contribution in [2.24, 2.45) is 0 Å². The lowest BCUT2D eigenvalue weighted by Crippen LogP contribution is -2.35. The minimum atomic E-state index is -0.408. The fourth-order valence-corrected chi connectivity index (χ4v) is 4.38. The van der Waals surface area contributed by atoms with Crippen LogP contribution in [0.2, 0.25) is 0 Å². The van der Waals surface area contributed by atoms with Crippen LogP contribution >= 0.6 is 11.3 Å². The molecule has 0 saturated heterocycles. The summed E-state index contributed by atoms with van der Waals surface area (Å²) < 4.78 is 11.5. The lowest BCUT2D eigenvalue weighted by molar-refractivity contribution is 0.0718. The number of ether oxygens (including phenoxy) is 1. The molecular weight excluding hydrogens is 376 g/mol. The second-order valence-corrected chi connectivity index (χ2v) is 7.96. The van der Waals surface area contributed by atoms with Crippen LogP contribution in [0.25, 0.3) is 11.0 Å². The van der Waals surface area contributed by atoms with Crippen molar-refractivity contribution < 1.29 is 13.9 Å². The van der Waals surface area contributed by atoms with E-state index in [4.69, 9.17) is 9.15 Å². The van der Waals surface area contributed by atoms with Gasteiger partial charge in [-0.15, -0.1) is 11.3 Å². The highest BCUT2D eigenvalue weighted by molar-refractivity contribution is 7.10. The molecule has 0 spiro atoms. The number of hydrogen-bond donors (Lipinski definition) is 0. The fraction of sp³-hybridized carbons (Fsp3) is 0.333. The van der Waals surface area contributed by atoms with Gasteiger partial charge in [0.2, 0.25) is 5.76 Å². The Morgan fingerprint density at radius 3 is 2.75 bits per heavy atom. The van der Waals surface area contributed by atoms with Gasteiger partial charge in [-0.2, -0.15) is 0 Å². The smallest absolute Gasteiger partial charge is 0.290 e. The van der Waals surface area contributed by atoms with E-state index in [2.05, 4.69) is 0 Å². The van der Waals surface area contributed by atoms with Crippen molar-refractivity contribution in [3.8, 4) is 5.75 Å². The number of carbonyl (C=O) groups is 1. The van der Waals surface area contributed by atoms with Gasteiger partial charge in [0, 0.05) is 24.0 Å². The van der Waals surface area contributed by atoms with Crippen molar-refractivity contribution in [1.29, 1.82) is 0 Å². The van der Waals surface area contributed by atoms with Gasteiger partial charge in [0.05, 0.1) is 23.6 Å². The zero-order chi connectivity index (χ0) is 19.8. The van der Waals surface area contributed by atoms with E-state index in [1.54, 1.807) is 23.1 Å².